The molecule has 0 aliphatic heterocycles. The van der Waals surface area contributed by atoms with Gasteiger partial charge in [-0.1, -0.05) is 5.16 Å². The van der Waals surface area contributed by atoms with Crippen molar-refractivity contribution in [2.24, 2.45) is 0 Å². The van der Waals surface area contributed by atoms with Gasteiger partial charge in [0, 0.05) is 5.54 Å². The third kappa shape index (κ3) is 2.34. The molecule has 0 unspecified atom stereocenters. The first-order valence-electron chi connectivity index (χ1n) is 4.56. The number of hydrogen-bond acceptors (Lipinski definition) is 3. The number of rotatable bonds is 1. The first-order valence-corrected chi connectivity index (χ1v) is 4.56. The Hall–Kier alpha value is -1.32. The van der Waals surface area contributed by atoms with E-state index in [1.54, 1.807) is 13.8 Å². The molecule has 0 spiro atoms. The smallest absolute Gasteiger partial charge is 0.257 e. The van der Waals surface area contributed by atoms with Crippen LogP contribution in [0.15, 0.2) is 4.52 Å². The number of aromatic nitrogens is 1. The van der Waals surface area contributed by atoms with Crippen molar-refractivity contribution in [3.8, 4) is 0 Å². The Kier molecular flexibility index (Phi) is 2.64. The molecule has 1 aromatic rings. The lowest BCUT2D eigenvalue weighted by atomic mass is 10.1. The van der Waals surface area contributed by atoms with Gasteiger partial charge in [0.2, 0.25) is 0 Å². The van der Waals surface area contributed by atoms with Crippen molar-refractivity contribution in [1.82, 2.24) is 10.5 Å². The number of aryl methyl sites for hydroxylation is 2. The van der Waals surface area contributed by atoms with Crippen LogP contribution in [0, 0.1) is 13.8 Å². The molecule has 0 saturated carbocycles. The first-order chi connectivity index (χ1) is 6.31. The Balaban J connectivity index is 2.90. The summed E-state index contributed by atoms with van der Waals surface area (Å²) in [6, 6.07) is 0. The van der Waals surface area contributed by atoms with E-state index in [9.17, 15) is 4.79 Å². The van der Waals surface area contributed by atoms with Gasteiger partial charge in [-0.3, -0.25) is 4.79 Å². The molecule has 0 aliphatic carbocycles. The molecule has 0 saturated heterocycles. The summed E-state index contributed by atoms with van der Waals surface area (Å²) >= 11 is 0. The second kappa shape index (κ2) is 3.44. The molecule has 0 atom stereocenters. The van der Waals surface area contributed by atoms with Gasteiger partial charge in [0.15, 0.2) is 0 Å². The zero-order valence-corrected chi connectivity index (χ0v) is 9.26. The van der Waals surface area contributed by atoms with Crippen LogP contribution in [-0.2, 0) is 0 Å². The maximum absolute atomic E-state index is 11.8. The molecular formula is C10H16N2O2. The van der Waals surface area contributed by atoms with Gasteiger partial charge < -0.3 is 9.84 Å². The Morgan fingerprint density at radius 1 is 1.36 bits per heavy atom. The average Bonchev–Trinajstić information content (AvgIpc) is 2.27. The monoisotopic (exact) mass is 196 g/mol. The van der Waals surface area contributed by atoms with Crippen LogP contribution in [0.5, 0.6) is 0 Å². The van der Waals surface area contributed by atoms with Crippen molar-refractivity contribution < 1.29 is 9.32 Å². The molecule has 1 amide bonds. The molecule has 4 heteroatoms. The van der Waals surface area contributed by atoms with E-state index < -0.39 is 0 Å². The van der Waals surface area contributed by atoms with Gasteiger partial charge in [0.05, 0.1) is 5.69 Å². The van der Waals surface area contributed by atoms with Crippen molar-refractivity contribution in [1.29, 1.82) is 0 Å². The number of nitrogens with one attached hydrogen (secondary N) is 1. The summed E-state index contributed by atoms with van der Waals surface area (Å²) in [6.45, 7) is 9.29. The highest BCUT2D eigenvalue weighted by Gasteiger charge is 2.21. The molecule has 0 aromatic carbocycles. The summed E-state index contributed by atoms with van der Waals surface area (Å²) in [4.78, 5) is 11.8. The minimum atomic E-state index is -0.243. The quantitative estimate of drug-likeness (QED) is 0.745. The van der Waals surface area contributed by atoms with E-state index in [1.165, 1.54) is 0 Å². The van der Waals surface area contributed by atoms with Gasteiger partial charge in [0.25, 0.3) is 5.91 Å². The summed E-state index contributed by atoms with van der Waals surface area (Å²) in [6.07, 6.45) is 0. The highest BCUT2D eigenvalue weighted by molar-refractivity contribution is 5.96. The van der Waals surface area contributed by atoms with Gasteiger partial charge in [-0.25, -0.2) is 0 Å². The predicted molar refractivity (Wildman–Crippen MR) is 53.2 cm³/mol. The molecule has 0 aliphatic rings. The molecule has 1 heterocycles. The number of nitrogens with zero attached hydrogens (tertiary/aromatic N) is 1. The summed E-state index contributed by atoms with van der Waals surface area (Å²) in [7, 11) is 0. The standard InChI is InChI=1S/C10H16N2O2/c1-6-8(7(2)14-12-6)9(13)11-10(3,4)5/h1-5H3,(H,11,13). The van der Waals surface area contributed by atoms with Crippen LogP contribution in [0.3, 0.4) is 0 Å². The van der Waals surface area contributed by atoms with E-state index >= 15 is 0 Å². The van der Waals surface area contributed by atoms with Crippen molar-refractivity contribution in [3.05, 3.63) is 17.0 Å². The molecule has 1 N–H and O–H groups in total. The Labute approximate surface area is 83.7 Å². The molecule has 78 valence electrons. The molecule has 0 radical (unpaired) electrons. The highest BCUT2D eigenvalue weighted by Crippen LogP contribution is 2.13. The maximum atomic E-state index is 11.8. The van der Waals surface area contributed by atoms with E-state index in [-0.39, 0.29) is 11.4 Å². The van der Waals surface area contributed by atoms with E-state index in [0.29, 0.717) is 17.0 Å². The fourth-order valence-electron chi connectivity index (χ4n) is 1.21. The lowest BCUT2D eigenvalue weighted by Crippen LogP contribution is -2.40. The van der Waals surface area contributed by atoms with Gasteiger partial charge >= 0.3 is 0 Å². The first kappa shape index (κ1) is 10.8. The number of hydrogen-bond donors (Lipinski definition) is 1. The summed E-state index contributed by atoms with van der Waals surface area (Å²) < 4.78 is 4.92. The number of carbonyl (C=O) groups excluding carboxylic acids is 1. The molecule has 4 nitrogen and oxygen atoms in total. The van der Waals surface area contributed by atoms with Crippen LogP contribution in [0.1, 0.15) is 42.6 Å². The predicted octanol–water partition coefficient (Wildman–Crippen LogP) is 1.82. The Morgan fingerprint density at radius 3 is 2.29 bits per heavy atom. The SMILES string of the molecule is Cc1noc(C)c1C(=O)NC(C)(C)C. The van der Waals surface area contributed by atoms with Crippen molar-refractivity contribution in [3.63, 3.8) is 0 Å². The minimum absolute atomic E-state index is 0.131. The van der Waals surface area contributed by atoms with Crippen LogP contribution >= 0.6 is 0 Å². The van der Waals surface area contributed by atoms with Gasteiger partial charge in [-0.15, -0.1) is 0 Å². The normalized spacial score (nSPS) is 11.5. The lowest BCUT2D eigenvalue weighted by Gasteiger charge is -2.20. The average molecular weight is 196 g/mol. The largest absolute Gasteiger partial charge is 0.361 e. The van der Waals surface area contributed by atoms with Gasteiger partial charge in [-0.05, 0) is 34.6 Å². The molecule has 14 heavy (non-hydrogen) atoms. The molecule has 1 rings (SSSR count). The topological polar surface area (TPSA) is 55.1 Å². The van der Waals surface area contributed by atoms with Gasteiger partial charge in [-0.2, -0.15) is 0 Å². The summed E-state index contributed by atoms with van der Waals surface area (Å²) in [5, 5.41) is 6.60. The van der Waals surface area contributed by atoms with Crippen molar-refractivity contribution >= 4 is 5.91 Å². The van der Waals surface area contributed by atoms with Crippen LogP contribution in [-0.4, -0.2) is 16.6 Å². The van der Waals surface area contributed by atoms with Crippen molar-refractivity contribution in [2.75, 3.05) is 0 Å². The van der Waals surface area contributed by atoms with E-state index in [1.807, 2.05) is 20.8 Å². The lowest BCUT2D eigenvalue weighted by molar-refractivity contribution is 0.0917. The maximum Gasteiger partial charge on any atom is 0.257 e. The zero-order chi connectivity index (χ0) is 10.9. The number of amides is 1. The highest BCUT2D eigenvalue weighted by atomic mass is 16.5. The summed E-state index contributed by atoms with van der Waals surface area (Å²) in [5.41, 5.74) is 0.928. The van der Waals surface area contributed by atoms with E-state index in [2.05, 4.69) is 10.5 Å². The van der Waals surface area contributed by atoms with Gasteiger partial charge in [0.1, 0.15) is 11.3 Å². The second-order valence-corrected chi connectivity index (χ2v) is 4.40. The Bertz CT molecular complexity index is 328. The number of carbonyl (C=O) groups is 1. The third-order valence-electron chi connectivity index (χ3n) is 1.75. The van der Waals surface area contributed by atoms with Crippen molar-refractivity contribution in [2.45, 2.75) is 40.2 Å². The van der Waals surface area contributed by atoms with E-state index in [4.69, 9.17) is 4.52 Å². The van der Waals surface area contributed by atoms with Crippen LogP contribution in [0.2, 0.25) is 0 Å². The van der Waals surface area contributed by atoms with Crippen LogP contribution in [0.4, 0.5) is 0 Å². The zero-order valence-electron chi connectivity index (χ0n) is 9.26. The fourth-order valence-corrected chi connectivity index (χ4v) is 1.21. The molecule has 0 fully saturated rings. The third-order valence-corrected chi connectivity index (χ3v) is 1.75. The molecule has 0 bridgehead atoms. The Morgan fingerprint density at radius 2 is 1.93 bits per heavy atom. The summed E-state index contributed by atoms with van der Waals surface area (Å²) in [5.74, 6) is 0.429. The van der Waals surface area contributed by atoms with E-state index in [0.717, 1.165) is 0 Å². The minimum Gasteiger partial charge on any atom is -0.361 e. The van der Waals surface area contributed by atoms with Crippen LogP contribution < -0.4 is 5.32 Å². The molecule has 1 aromatic heterocycles. The molecular weight excluding hydrogens is 180 g/mol. The van der Waals surface area contributed by atoms with Crippen LogP contribution in [0.25, 0.3) is 0 Å². The fraction of sp³-hybridized carbons (Fsp3) is 0.600. The second-order valence-electron chi connectivity index (χ2n) is 4.40.